The summed E-state index contributed by atoms with van der Waals surface area (Å²) in [6.07, 6.45) is 1.99. The Morgan fingerprint density at radius 1 is 1.53 bits per heavy atom. The molecule has 1 aliphatic heterocycles. The number of aliphatic hydroxyl groups is 1. The highest BCUT2D eigenvalue weighted by Crippen LogP contribution is 2.32. The van der Waals surface area contributed by atoms with E-state index in [1.165, 1.54) is 5.69 Å². The monoisotopic (exact) mass is 267 g/mol. The third kappa shape index (κ3) is 3.78. The van der Waals surface area contributed by atoms with Crippen LogP contribution >= 0.6 is 0 Å². The van der Waals surface area contributed by atoms with Crippen molar-refractivity contribution in [2.24, 2.45) is 5.92 Å². The van der Waals surface area contributed by atoms with Crippen LogP contribution in [0.5, 0.6) is 0 Å². The molecule has 108 valence electrons. The summed E-state index contributed by atoms with van der Waals surface area (Å²) in [5.41, 5.74) is 0.862. The zero-order valence-electron chi connectivity index (χ0n) is 12.3. The van der Waals surface area contributed by atoms with E-state index >= 15 is 0 Å². The van der Waals surface area contributed by atoms with Crippen molar-refractivity contribution in [1.82, 2.24) is 15.1 Å². The number of nitrogens with zero attached hydrogens (tertiary/aromatic N) is 2. The molecule has 0 spiro atoms. The molecular weight excluding hydrogens is 242 g/mol. The van der Waals surface area contributed by atoms with Gasteiger partial charge in [0.05, 0.1) is 5.60 Å². The lowest BCUT2D eigenvalue weighted by molar-refractivity contribution is -0.245. The Balaban J connectivity index is 1.93. The van der Waals surface area contributed by atoms with E-state index in [9.17, 15) is 5.11 Å². The van der Waals surface area contributed by atoms with Crippen LogP contribution in [0.3, 0.4) is 0 Å². The van der Waals surface area contributed by atoms with E-state index in [4.69, 9.17) is 4.74 Å². The van der Waals surface area contributed by atoms with Crippen molar-refractivity contribution in [2.75, 3.05) is 13.1 Å². The number of nitrogens with one attached hydrogen (secondary N) is 1. The van der Waals surface area contributed by atoms with Crippen LogP contribution in [0.4, 0.5) is 0 Å². The van der Waals surface area contributed by atoms with Crippen molar-refractivity contribution in [3.8, 4) is 0 Å². The molecule has 3 atom stereocenters. The van der Waals surface area contributed by atoms with Gasteiger partial charge in [0.25, 0.3) is 0 Å². The first-order valence-electron chi connectivity index (χ1n) is 6.96. The number of hydrogen-bond donors (Lipinski definition) is 2. The molecule has 0 aromatic carbocycles. The first-order chi connectivity index (χ1) is 8.87. The average molecular weight is 267 g/mol. The highest BCUT2D eigenvalue weighted by Gasteiger charge is 2.32. The third-order valence-electron chi connectivity index (χ3n) is 3.63. The van der Waals surface area contributed by atoms with Gasteiger partial charge in [0, 0.05) is 30.9 Å². The summed E-state index contributed by atoms with van der Waals surface area (Å²) in [4.78, 5) is 2.00. The summed E-state index contributed by atoms with van der Waals surface area (Å²) in [6.45, 7) is 9.75. The van der Waals surface area contributed by atoms with Crippen molar-refractivity contribution in [2.45, 2.75) is 52.0 Å². The van der Waals surface area contributed by atoms with Crippen molar-refractivity contribution < 1.29 is 9.84 Å². The van der Waals surface area contributed by atoms with Crippen LogP contribution in [0.25, 0.3) is 0 Å². The fourth-order valence-electron chi connectivity index (χ4n) is 2.70. The van der Waals surface area contributed by atoms with E-state index in [1.54, 1.807) is 6.20 Å². The van der Waals surface area contributed by atoms with E-state index in [-0.39, 0.29) is 5.60 Å². The second kappa shape index (κ2) is 5.61. The van der Waals surface area contributed by atoms with Crippen LogP contribution in [0.15, 0.2) is 12.3 Å². The molecule has 5 heteroatoms. The molecule has 3 unspecified atom stereocenters. The summed E-state index contributed by atoms with van der Waals surface area (Å²) < 4.78 is 5.61. The molecule has 0 amide bonds. The number of aliphatic hydroxyl groups excluding tert-OH is 1. The van der Waals surface area contributed by atoms with Gasteiger partial charge >= 0.3 is 0 Å². The highest BCUT2D eigenvalue weighted by atomic mass is 16.6. The summed E-state index contributed by atoms with van der Waals surface area (Å²) >= 11 is 0. The Morgan fingerprint density at radius 3 is 2.79 bits per heavy atom. The van der Waals surface area contributed by atoms with Gasteiger partial charge in [-0.3, -0.25) is 10.00 Å². The molecule has 2 N–H and O–H groups in total. The zero-order valence-corrected chi connectivity index (χ0v) is 12.3. The lowest BCUT2D eigenvalue weighted by Crippen LogP contribution is -2.48. The zero-order chi connectivity index (χ0) is 14.0. The van der Waals surface area contributed by atoms with E-state index in [2.05, 4.69) is 17.1 Å². The second-order valence-corrected chi connectivity index (χ2v) is 6.44. The summed E-state index contributed by atoms with van der Waals surface area (Å²) in [6, 6.07) is 2.04. The predicted octanol–water partition coefficient (Wildman–Crippen LogP) is 1.93. The highest BCUT2D eigenvalue weighted by molar-refractivity contribution is 5.08. The van der Waals surface area contributed by atoms with Gasteiger partial charge in [-0.2, -0.15) is 5.10 Å². The van der Waals surface area contributed by atoms with Gasteiger partial charge in [-0.25, -0.2) is 0 Å². The molecular formula is C14H25N3O2. The number of likely N-dealkylation sites (tertiary alicyclic amines) is 1. The van der Waals surface area contributed by atoms with Gasteiger partial charge in [-0.05, 0) is 39.2 Å². The lowest BCUT2D eigenvalue weighted by Gasteiger charge is -2.40. The number of rotatable bonds is 3. The molecule has 5 nitrogen and oxygen atoms in total. The van der Waals surface area contributed by atoms with E-state index in [0.29, 0.717) is 11.8 Å². The molecule has 1 aromatic rings. The van der Waals surface area contributed by atoms with Crippen molar-refractivity contribution in [3.05, 3.63) is 18.0 Å². The number of aromatic nitrogens is 2. The maximum atomic E-state index is 10.1. The molecule has 2 rings (SSSR count). The molecule has 1 aliphatic rings. The molecule has 19 heavy (non-hydrogen) atoms. The molecule has 1 aromatic heterocycles. The lowest BCUT2D eigenvalue weighted by atomic mass is 9.84. The molecule has 0 saturated carbocycles. The van der Waals surface area contributed by atoms with Crippen LogP contribution in [-0.2, 0) is 4.74 Å². The van der Waals surface area contributed by atoms with E-state index < -0.39 is 6.41 Å². The number of aromatic amines is 1. The third-order valence-corrected chi connectivity index (χ3v) is 3.63. The first-order valence-corrected chi connectivity index (χ1v) is 6.96. The normalized spacial score (nSPS) is 27.4. The Kier molecular flexibility index (Phi) is 4.28. The van der Waals surface area contributed by atoms with Gasteiger partial charge < -0.3 is 9.84 Å². The maximum absolute atomic E-state index is 10.1. The molecule has 0 aliphatic carbocycles. The molecule has 1 saturated heterocycles. The van der Waals surface area contributed by atoms with Crippen LogP contribution in [0, 0.1) is 5.92 Å². The fourth-order valence-corrected chi connectivity index (χ4v) is 2.70. The van der Waals surface area contributed by atoms with Crippen LogP contribution in [-0.4, -0.2) is 45.3 Å². The van der Waals surface area contributed by atoms with Gasteiger partial charge in [0.1, 0.15) is 0 Å². The quantitative estimate of drug-likeness (QED) is 0.821. The van der Waals surface area contributed by atoms with Gasteiger partial charge in [0.2, 0.25) is 6.41 Å². The minimum absolute atomic E-state index is 0.330. The molecule has 0 bridgehead atoms. The fraction of sp³-hybridized carbons (Fsp3) is 0.786. The number of ether oxygens (including phenoxy) is 1. The van der Waals surface area contributed by atoms with E-state index in [0.717, 1.165) is 19.5 Å². The number of hydrogen-bond acceptors (Lipinski definition) is 4. The minimum Gasteiger partial charge on any atom is -0.356 e. The Bertz CT molecular complexity index is 386. The summed E-state index contributed by atoms with van der Waals surface area (Å²) in [7, 11) is 0. The van der Waals surface area contributed by atoms with Gasteiger partial charge in [0.15, 0.2) is 0 Å². The van der Waals surface area contributed by atoms with Gasteiger partial charge in [-0.1, -0.05) is 6.92 Å². The number of H-pyrrole nitrogens is 1. The average Bonchev–Trinajstić information content (AvgIpc) is 2.79. The minimum atomic E-state index is -0.815. The number of piperidine rings is 1. The van der Waals surface area contributed by atoms with Crippen molar-refractivity contribution in [3.63, 3.8) is 0 Å². The Morgan fingerprint density at radius 2 is 2.26 bits per heavy atom. The second-order valence-electron chi connectivity index (χ2n) is 6.44. The topological polar surface area (TPSA) is 61.4 Å². The SMILES string of the molecule is CC1CN(C(O)OC(C)(C)C)CCC1c1ccn[nH]1. The van der Waals surface area contributed by atoms with Gasteiger partial charge in [-0.15, -0.1) is 0 Å². The largest absolute Gasteiger partial charge is 0.356 e. The maximum Gasteiger partial charge on any atom is 0.216 e. The molecule has 1 fully saturated rings. The van der Waals surface area contributed by atoms with Crippen molar-refractivity contribution >= 4 is 0 Å². The molecule has 2 heterocycles. The first kappa shape index (κ1) is 14.5. The smallest absolute Gasteiger partial charge is 0.216 e. The van der Waals surface area contributed by atoms with Crippen molar-refractivity contribution in [1.29, 1.82) is 0 Å². The van der Waals surface area contributed by atoms with E-state index in [1.807, 2.05) is 31.7 Å². The van der Waals surface area contributed by atoms with Crippen LogP contribution in [0.1, 0.15) is 45.7 Å². The predicted molar refractivity (Wildman–Crippen MR) is 73.5 cm³/mol. The Hall–Kier alpha value is -0.910. The Labute approximate surface area is 115 Å². The summed E-state index contributed by atoms with van der Waals surface area (Å²) in [5.74, 6) is 0.952. The standard InChI is InChI=1S/C14H25N3O2/c1-10-9-17(13(18)19-14(2,3)4)8-6-11(10)12-5-7-15-16-12/h5,7,10-11,13,18H,6,8-9H2,1-4H3,(H,15,16). The molecule has 0 radical (unpaired) electrons. The summed E-state index contributed by atoms with van der Waals surface area (Å²) in [5, 5.41) is 17.2. The van der Waals surface area contributed by atoms with Crippen LogP contribution < -0.4 is 0 Å². The van der Waals surface area contributed by atoms with Crippen LogP contribution in [0.2, 0.25) is 0 Å².